The molecule has 0 bridgehead atoms. The summed E-state index contributed by atoms with van der Waals surface area (Å²) < 4.78 is 6.54. The van der Waals surface area contributed by atoms with Crippen molar-refractivity contribution in [2.45, 2.75) is 90.9 Å². The van der Waals surface area contributed by atoms with E-state index in [4.69, 9.17) is 4.74 Å². The number of hydrogen-bond acceptors (Lipinski definition) is 2. The van der Waals surface area contributed by atoms with Gasteiger partial charge in [0.15, 0.2) is 0 Å². The van der Waals surface area contributed by atoms with Gasteiger partial charge in [0.25, 0.3) is 0 Å². The van der Waals surface area contributed by atoms with Crippen molar-refractivity contribution in [2.75, 3.05) is 6.54 Å². The molecule has 2 saturated carbocycles. The van der Waals surface area contributed by atoms with Gasteiger partial charge in [0.2, 0.25) is 0 Å². The van der Waals surface area contributed by atoms with Crippen molar-refractivity contribution in [3.63, 3.8) is 0 Å². The summed E-state index contributed by atoms with van der Waals surface area (Å²) in [5.41, 5.74) is 0.374. The maximum absolute atomic E-state index is 6.54. The highest BCUT2D eigenvalue weighted by molar-refractivity contribution is 4.94. The molecule has 2 nitrogen and oxygen atoms in total. The van der Waals surface area contributed by atoms with E-state index < -0.39 is 0 Å². The quantitative estimate of drug-likeness (QED) is 0.826. The highest BCUT2D eigenvalue weighted by Crippen LogP contribution is 2.38. The largest absolute Gasteiger partial charge is 0.373 e. The summed E-state index contributed by atoms with van der Waals surface area (Å²) in [5.74, 6) is 0.855. The van der Waals surface area contributed by atoms with E-state index in [0.29, 0.717) is 23.7 Å². The highest BCUT2D eigenvalue weighted by Gasteiger charge is 2.40. The van der Waals surface area contributed by atoms with E-state index >= 15 is 0 Å². The molecule has 2 heteroatoms. The Morgan fingerprint density at radius 2 is 1.95 bits per heavy atom. The lowest BCUT2D eigenvalue weighted by Gasteiger charge is -2.46. The molecule has 4 unspecified atom stereocenters. The zero-order valence-corrected chi connectivity index (χ0v) is 13.4. The summed E-state index contributed by atoms with van der Waals surface area (Å²) in [6.45, 7) is 10.4. The summed E-state index contributed by atoms with van der Waals surface area (Å²) in [6, 6.07) is 0.531. The summed E-state index contributed by atoms with van der Waals surface area (Å²) in [6.07, 6.45) is 10.1. The molecular formula is C17H33NO. The molecular weight excluding hydrogens is 234 g/mol. The molecule has 2 fully saturated rings. The first-order chi connectivity index (χ1) is 9.03. The van der Waals surface area contributed by atoms with Gasteiger partial charge in [0.05, 0.1) is 12.2 Å². The van der Waals surface area contributed by atoms with E-state index in [-0.39, 0.29) is 0 Å². The Balaban J connectivity index is 1.96. The minimum Gasteiger partial charge on any atom is -0.373 e. The van der Waals surface area contributed by atoms with Crippen LogP contribution in [0.4, 0.5) is 0 Å². The fraction of sp³-hybridized carbons (Fsp3) is 1.00. The van der Waals surface area contributed by atoms with Crippen LogP contribution < -0.4 is 5.32 Å². The molecule has 2 rings (SSSR count). The Hall–Kier alpha value is -0.0800. The van der Waals surface area contributed by atoms with Crippen molar-refractivity contribution in [2.24, 2.45) is 11.3 Å². The predicted molar refractivity (Wildman–Crippen MR) is 81.4 cm³/mol. The molecule has 0 aliphatic heterocycles. The van der Waals surface area contributed by atoms with Crippen LogP contribution in [0, 0.1) is 11.3 Å². The maximum atomic E-state index is 6.54. The summed E-state index contributed by atoms with van der Waals surface area (Å²) >= 11 is 0. The topological polar surface area (TPSA) is 21.3 Å². The fourth-order valence-corrected chi connectivity index (χ4v) is 4.11. The van der Waals surface area contributed by atoms with Crippen molar-refractivity contribution in [1.82, 2.24) is 5.32 Å². The van der Waals surface area contributed by atoms with Crippen LogP contribution in [0.1, 0.15) is 72.6 Å². The maximum Gasteiger partial charge on any atom is 0.0737 e. The smallest absolute Gasteiger partial charge is 0.0737 e. The predicted octanol–water partition coefficient (Wildman–Crippen LogP) is 4.14. The Kier molecular flexibility index (Phi) is 5.30. The van der Waals surface area contributed by atoms with Gasteiger partial charge in [-0.3, -0.25) is 0 Å². The molecule has 4 atom stereocenters. The first kappa shape index (κ1) is 15.3. The molecule has 2 aliphatic carbocycles. The molecule has 0 saturated heterocycles. The lowest BCUT2D eigenvalue weighted by Crippen LogP contribution is -2.54. The van der Waals surface area contributed by atoms with Crippen LogP contribution in [0.5, 0.6) is 0 Å². The molecule has 1 N–H and O–H groups in total. The van der Waals surface area contributed by atoms with E-state index in [9.17, 15) is 0 Å². The van der Waals surface area contributed by atoms with Gasteiger partial charge in [-0.2, -0.15) is 0 Å². The Bertz CT molecular complexity index is 276. The van der Waals surface area contributed by atoms with Gasteiger partial charge < -0.3 is 10.1 Å². The Labute approximate surface area is 119 Å². The van der Waals surface area contributed by atoms with Crippen LogP contribution >= 0.6 is 0 Å². The normalized spacial score (nSPS) is 39.2. The van der Waals surface area contributed by atoms with Crippen molar-refractivity contribution < 1.29 is 4.74 Å². The molecule has 0 amide bonds. The molecule has 0 heterocycles. The molecule has 0 aromatic carbocycles. The molecule has 19 heavy (non-hydrogen) atoms. The van der Waals surface area contributed by atoms with E-state index in [1.165, 1.54) is 44.9 Å². The standard InChI is InChI=1S/C17H33NO/c1-5-18-16-15(10-7-11-17(16,3)4)19-14-9-6-8-13(2)12-14/h13-16,18H,5-12H2,1-4H3. The van der Waals surface area contributed by atoms with Crippen LogP contribution in [-0.2, 0) is 4.74 Å². The average Bonchev–Trinajstić information content (AvgIpc) is 2.33. The molecule has 0 aromatic rings. The molecule has 0 aromatic heterocycles. The number of nitrogens with one attached hydrogen (secondary N) is 1. The zero-order valence-electron chi connectivity index (χ0n) is 13.4. The van der Waals surface area contributed by atoms with E-state index in [1.54, 1.807) is 0 Å². The Morgan fingerprint density at radius 3 is 2.63 bits per heavy atom. The van der Waals surface area contributed by atoms with Gasteiger partial charge in [0.1, 0.15) is 0 Å². The second-order valence-electron chi connectivity index (χ2n) is 7.48. The minimum absolute atomic E-state index is 0.374. The van der Waals surface area contributed by atoms with Crippen molar-refractivity contribution in [3.8, 4) is 0 Å². The lowest BCUT2D eigenvalue weighted by atomic mass is 9.71. The first-order valence-corrected chi connectivity index (χ1v) is 8.41. The number of rotatable bonds is 4. The molecule has 112 valence electrons. The minimum atomic E-state index is 0.374. The van der Waals surface area contributed by atoms with Crippen molar-refractivity contribution in [3.05, 3.63) is 0 Å². The number of likely N-dealkylation sites (N-methyl/N-ethyl adjacent to an activating group) is 1. The van der Waals surface area contributed by atoms with Gasteiger partial charge in [0, 0.05) is 6.04 Å². The van der Waals surface area contributed by atoms with E-state index in [2.05, 4.69) is 33.0 Å². The summed E-state index contributed by atoms with van der Waals surface area (Å²) in [4.78, 5) is 0. The number of hydrogen-bond donors (Lipinski definition) is 1. The fourth-order valence-electron chi connectivity index (χ4n) is 4.11. The van der Waals surface area contributed by atoms with Gasteiger partial charge >= 0.3 is 0 Å². The van der Waals surface area contributed by atoms with Crippen LogP contribution in [0.3, 0.4) is 0 Å². The van der Waals surface area contributed by atoms with Gasteiger partial charge in [-0.05, 0) is 43.6 Å². The van der Waals surface area contributed by atoms with Crippen molar-refractivity contribution >= 4 is 0 Å². The first-order valence-electron chi connectivity index (χ1n) is 8.41. The summed E-state index contributed by atoms with van der Waals surface area (Å²) in [7, 11) is 0. The van der Waals surface area contributed by atoms with E-state index in [1.807, 2.05) is 0 Å². The Morgan fingerprint density at radius 1 is 1.16 bits per heavy atom. The van der Waals surface area contributed by atoms with Crippen LogP contribution in [0.15, 0.2) is 0 Å². The third-order valence-corrected chi connectivity index (χ3v) is 5.20. The van der Waals surface area contributed by atoms with Gasteiger partial charge in [-0.15, -0.1) is 0 Å². The average molecular weight is 267 g/mol. The third-order valence-electron chi connectivity index (χ3n) is 5.20. The van der Waals surface area contributed by atoms with Crippen molar-refractivity contribution in [1.29, 1.82) is 0 Å². The van der Waals surface area contributed by atoms with Crippen LogP contribution in [0.25, 0.3) is 0 Å². The second-order valence-corrected chi connectivity index (χ2v) is 7.48. The van der Waals surface area contributed by atoms with E-state index in [0.717, 1.165) is 12.5 Å². The third kappa shape index (κ3) is 3.95. The van der Waals surface area contributed by atoms with Gasteiger partial charge in [-0.25, -0.2) is 0 Å². The molecule has 0 radical (unpaired) electrons. The second kappa shape index (κ2) is 6.58. The SMILES string of the molecule is CCNC1C(OC2CCCC(C)C2)CCCC1(C)C. The van der Waals surface area contributed by atoms with Crippen LogP contribution in [0.2, 0.25) is 0 Å². The summed E-state index contributed by atoms with van der Waals surface area (Å²) in [5, 5.41) is 3.70. The highest BCUT2D eigenvalue weighted by atomic mass is 16.5. The van der Waals surface area contributed by atoms with Gasteiger partial charge in [-0.1, -0.05) is 47.0 Å². The van der Waals surface area contributed by atoms with Crippen LogP contribution in [-0.4, -0.2) is 24.8 Å². The zero-order chi connectivity index (χ0) is 13.9. The monoisotopic (exact) mass is 267 g/mol. The lowest BCUT2D eigenvalue weighted by molar-refractivity contribution is -0.0916. The molecule has 0 spiro atoms. The molecule has 2 aliphatic rings. The number of ether oxygens (including phenoxy) is 1.